The zero-order valence-corrected chi connectivity index (χ0v) is 10.9. The molecule has 0 aromatic rings. The molecule has 4 heteroatoms. The summed E-state index contributed by atoms with van der Waals surface area (Å²) in [7, 11) is 0. The fourth-order valence-electron chi connectivity index (χ4n) is 1.89. The monoisotopic (exact) mass is 277 g/mol. The SMILES string of the molecule is CC1CN(C(=O)CCCCBr)CCC1O. The molecule has 0 bridgehead atoms. The molecule has 15 heavy (non-hydrogen) atoms. The van der Waals surface area contributed by atoms with E-state index >= 15 is 0 Å². The molecule has 88 valence electrons. The molecule has 1 heterocycles. The van der Waals surface area contributed by atoms with E-state index in [1.165, 1.54) is 0 Å². The lowest BCUT2D eigenvalue weighted by molar-refractivity contribution is -0.134. The smallest absolute Gasteiger partial charge is 0.222 e. The van der Waals surface area contributed by atoms with Crippen LogP contribution in [0.25, 0.3) is 0 Å². The minimum atomic E-state index is -0.225. The minimum absolute atomic E-state index is 0.221. The van der Waals surface area contributed by atoms with Gasteiger partial charge in [0.05, 0.1) is 6.10 Å². The molecule has 1 aliphatic heterocycles. The Morgan fingerprint density at radius 2 is 2.27 bits per heavy atom. The first kappa shape index (κ1) is 13.0. The Labute approximate surface area is 100.0 Å². The van der Waals surface area contributed by atoms with Crippen LogP contribution < -0.4 is 0 Å². The van der Waals surface area contributed by atoms with E-state index in [9.17, 15) is 9.90 Å². The standard InChI is InChI=1S/C11H20BrNO2/c1-9-8-13(7-5-10(9)14)11(15)4-2-3-6-12/h9-10,14H,2-8H2,1H3. The summed E-state index contributed by atoms with van der Waals surface area (Å²) in [6, 6.07) is 0. The summed E-state index contributed by atoms with van der Waals surface area (Å²) in [4.78, 5) is 13.6. The number of hydrogen-bond acceptors (Lipinski definition) is 2. The van der Waals surface area contributed by atoms with Crippen molar-refractivity contribution < 1.29 is 9.90 Å². The van der Waals surface area contributed by atoms with E-state index in [2.05, 4.69) is 15.9 Å². The van der Waals surface area contributed by atoms with Gasteiger partial charge in [0, 0.05) is 24.8 Å². The maximum absolute atomic E-state index is 11.8. The molecule has 1 fully saturated rings. The zero-order valence-electron chi connectivity index (χ0n) is 9.29. The predicted molar refractivity (Wildman–Crippen MR) is 64.0 cm³/mol. The summed E-state index contributed by atoms with van der Waals surface area (Å²) in [5, 5.41) is 10.5. The van der Waals surface area contributed by atoms with Crippen molar-refractivity contribution in [3.63, 3.8) is 0 Å². The molecule has 1 rings (SSSR count). The summed E-state index contributed by atoms with van der Waals surface area (Å²) in [6.45, 7) is 3.44. The molecular formula is C11H20BrNO2. The maximum Gasteiger partial charge on any atom is 0.222 e. The summed E-state index contributed by atoms with van der Waals surface area (Å²) < 4.78 is 0. The highest BCUT2D eigenvalue weighted by atomic mass is 79.9. The Bertz CT molecular complexity index is 211. The van der Waals surface area contributed by atoms with Crippen LogP contribution in [0.5, 0.6) is 0 Å². The Balaban J connectivity index is 2.28. The zero-order chi connectivity index (χ0) is 11.3. The van der Waals surface area contributed by atoms with Crippen molar-refractivity contribution in [2.45, 2.75) is 38.7 Å². The Morgan fingerprint density at radius 1 is 1.53 bits per heavy atom. The lowest BCUT2D eigenvalue weighted by Gasteiger charge is -2.34. The minimum Gasteiger partial charge on any atom is -0.393 e. The molecule has 0 saturated carbocycles. The number of aliphatic hydroxyl groups excluding tert-OH is 1. The van der Waals surface area contributed by atoms with Crippen LogP contribution >= 0.6 is 15.9 Å². The van der Waals surface area contributed by atoms with Gasteiger partial charge in [-0.25, -0.2) is 0 Å². The van der Waals surface area contributed by atoms with Crippen molar-refractivity contribution in [3.05, 3.63) is 0 Å². The van der Waals surface area contributed by atoms with Crippen LogP contribution in [0.2, 0.25) is 0 Å². The number of halogens is 1. The predicted octanol–water partition coefficient (Wildman–Crippen LogP) is 1.78. The first-order valence-electron chi connectivity index (χ1n) is 5.67. The second-order valence-electron chi connectivity index (χ2n) is 4.32. The number of likely N-dealkylation sites (tertiary alicyclic amines) is 1. The number of hydrogen-bond donors (Lipinski definition) is 1. The van der Waals surface area contributed by atoms with E-state index in [0.29, 0.717) is 13.0 Å². The summed E-state index contributed by atoms with van der Waals surface area (Å²) in [5.41, 5.74) is 0. The van der Waals surface area contributed by atoms with Gasteiger partial charge in [-0.15, -0.1) is 0 Å². The van der Waals surface area contributed by atoms with E-state index in [0.717, 1.165) is 31.1 Å². The lowest BCUT2D eigenvalue weighted by atomic mass is 9.96. The van der Waals surface area contributed by atoms with E-state index in [4.69, 9.17) is 0 Å². The number of unbranched alkanes of at least 4 members (excludes halogenated alkanes) is 1. The quantitative estimate of drug-likeness (QED) is 0.629. The van der Waals surface area contributed by atoms with Crippen LogP contribution in [0.15, 0.2) is 0 Å². The second-order valence-corrected chi connectivity index (χ2v) is 5.11. The first-order valence-corrected chi connectivity index (χ1v) is 6.79. The van der Waals surface area contributed by atoms with Crippen molar-refractivity contribution in [2.24, 2.45) is 5.92 Å². The Morgan fingerprint density at radius 3 is 2.87 bits per heavy atom. The van der Waals surface area contributed by atoms with Crippen LogP contribution in [0.3, 0.4) is 0 Å². The second kappa shape index (κ2) is 6.48. The van der Waals surface area contributed by atoms with Gasteiger partial charge < -0.3 is 10.0 Å². The van der Waals surface area contributed by atoms with Crippen molar-refractivity contribution in [1.29, 1.82) is 0 Å². The molecular weight excluding hydrogens is 258 g/mol. The fraction of sp³-hybridized carbons (Fsp3) is 0.909. The molecule has 1 amide bonds. The molecule has 2 unspecified atom stereocenters. The highest BCUT2D eigenvalue weighted by Gasteiger charge is 2.26. The molecule has 1 saturated heterocycles. The van der Waals surface area contributed by atoms with E-state index in [-0.39, 0.29) is 17.9 Å². The van der Waals surface area contributed by atoms with Gasteiger partial charge >= 0.3 is 0 Å². The largest absolute Gasteiger partial charge is 0.393 e. The highest BCUT2D eigenvalue weighted by Crippen LogP contribution is 2.17. The third kappa shape index (κ3) is 4.11. The molecule has 1 N–H and O–H groups in total. The number of nitrogens with zero attached hydrogens (tertiary/aromatic N) is 1. The third-order valence-electron chi connectivity index (χ3n) is 2.99. The third-order valence-corrected chi connectivity index (χ3v) is 3.55. The topological polar surface area (TPSA) is 40.5 Å². The number of aliphatic hydroxyl groups is 1. The number of carbonyl (C=O) groups is 1. The van der Waals surface area contributed by atoms with Gasteiger partial charge in [0.15, 0.2) is 0 Å². The average Bonchev–Trinajstić information content (AvgIpc) is 2.22. The van der Waals surface area contributed by atoms with Crippen LogP contribution in [0.4, 0.5) is 0 Å². The summed E-state index contributed by atoms with van der Waals surface area (Å²) in [5.74, 6) is 0.466. The van der Waals surface area contributed by atoms with Crippen LogP contribution in [0.1, 0.15) is 32.6 Å². The number of carbonyl (C=O) groups excluding carboxylic acids is 1. The molecule has 0 aliphatic carbocycles. The molecule has 0 aromatic heterocycles. The lowest BCUT2D eigenvalue weighted by Crippen LogP contribution is -2.44. The fourth-order valence-corrected chi connectivity index (χ4v) is 2.29. The van der Waals surface area contributed by atoms with Crippen molar-refractivity contribution >= 4 is 21.8 Å². The number of rotatable bonds is 4. The van der Waals surface area contributed by atoms with Crippen molar-refractivity contribution in [2.75, 3.05) is 18.4 Å². The highest BCUT2D eigenvalue weighted by molar-refractivity contribution is 9.09. The maximum atomic E-state index is 11.8. The van der Waals surface area contributed by atoms with Gasteiger partial charge in [0.25, 0.3) is 0 Å². The van der Waals surface area contributed by atoms with Gasteiger partial charge in [-0.3, -0.25) is 4.79 Å². The van der Waals surface area contributed by atoms with Gasteiger partial charge in [0.1, 0.15) is 0 Å². The molecule has 2 atom stereocenters. The normalized spacial score (nSPS) is 26.7. The summed E-state index contributed by atoms with van der Waals surface area (Å²) in [6.07, 6.45) is 3.16. The Kier molecular flexibility index (Phi) is 5.61. The van der Waals surface area contributed by atoms with Crippen molar-refractivity contribution in [3.8, 4) is 0 Å². The molecule has 3 nitrogen and oxygen atoms in total. The van der Waals surface area contributed by atoms with Gasteiger partial charge in [-0.05, 0) is 25.2 Å². The Hall–Kier alpha value is -0.0900. The van der Waals surface area contributed by atoms with E-state index < -0.39 is 0 Å². The molecule has 0 spiro atoms. The first-order chi connectivity index (χ1) is 7.15. The van der Waals surface area contributed by atoms with E-state index in [1.807, 2.05) is 11.8 Å². The summed E-state index contributed by atoms with van der Waals surface area (Å²) >= 11 is 3.35. The van der Waals surface area contributed by atoms with Crippen LogP contribution in [0, 0.1) is 5.92 Å². The van der Waals surface area contributed by atoms with Crippen molar-refractivity contribution in [1.82, 2.24) is 4.90 Å². The molecule has 0 radical (unpaired) electrons. The van der Waals surface area contributed by atoms with Gasteiger partial charge in [-0.1, -0.05) is 22.9 Å². The number of alkyl halides is 1. The number of piperidine rings is 1. The molecule has 1 aliphatic rings. The van der Waals surface area contributed by atoms with E-state index in [1.54, 1.807) is 0 Å². The van der Waals surface area contributed by atoms with Crippen LogP contribution in [-0.4, -0.2) is 40.4 Å². The number of amides is 1. The van der Waals surface area contributed by atoms with Gasteiger partial charge in [-0.2, -0.15) is 0 Å². The average molecular weight is 278 g/mol. The van der Waals surface area contributed by atoms with Gasteiger partial charge in [0.2, 0.25) is 5.91 Å². The molecule has 0 aromatic carbocycles. The van der Waals surface area contributed by atoms with Crippen LogP contribution in [-0.2, 0) is 4.79 Å².